The molecule has 0 nitrogen and oxygen atoms in total. The van der Waals surface area contributed by atoms with E-state index >= 15 is 0 Å². The van der Waals surface area contributed by atoms with Gasteiger partial charge in [-0.25, -0.2) is 0 Å². The summed E-state index contributed by atoms with van der Waals surface area (Å²) in [5.41, 5.74) is 0. The van der Waals surface area contributed by atoms with E-state index in [-0.39, 0.29) is 0 Å². The van der Waals surface area contributed by atoms with Crippen LogP contribution in [0.25, 0.3) is 0 Å². The van der Waals surface area contributed by atoms with Gasteiger partial charge in [0.2, 0.25) is 0 Å². The molecule has 0 radical (unpaired) electrons. The first-order chi connectivity index (χ1) is 5.91. The zero-order valence-corrected chi connectivity index (χ0v) is 8.39. The van der Waals surface area contributed by atoms with Gasteiger partial charge in [-0.2, -0.15) is 0 Å². The minimum Gasteiger partial charge on any atom is -0.103 e. The van der Waals surface area contributed by atoms with Crippen LogP contribution in [0.3, 0.4) is 0 Å². The molecule has 0 heteroatoms. The van der Waals surface area contributed by atoms with Gasteiger partial charge in [0.1, 0.15) is 0 Å². The molecule has 0 fully saturated rings. The van der Waals surface area contributed by atoms with Crippen LogP contribution in [-0.4, -0.2) is 0 Å². The summed E-state index contributed by atoms with van der Waals surface area (Å²) in [5.74, 6) is 0. The van der Waals surface area contributed by atoms with Gasteiger partial charge in [0.15, 0.2) is 0 Å². The molecule has 0 amide bonds. The Kier molecular flexibility index (Phi) is 10.0. The lowest BCUT2D eigenvalue weighted by Gasteiger charge is -1.92. The normalized spacial score (nSPS) is 10.8. The molecule has 0 aromatic rings. The second-order valence-electron chi connectivity index (χ2n) is 3.19. The molecule has 0 spiro atoms. The molecule has 0 saturated carbocycles. The van der Waals surface area contributed by atoms with E-state index in [1.54, 1.807) is 0 Å². The van der Waals surface area contributed by atoms with E-state index in [0.717, 1.165) is 0 Å². The van der Waals surface area contributed by atoms with Gasteiger partial charge in [-0.3, -0.25) is 0 Å². The third-order valence-corrected chi connectivity index (χ3v) is 1.92. The van der Waals surface area contributed by atoms with Crippen molar-refractivity contribution in [1.29, 1.82) is 0 Å². The van der Waals surface area contributed by atoms with E-state index in [9.17, 15) is 0 Å². The summed E-state index contributed by atoms with van der Waals surface area (Å²) >= 11 is 0. The average Bonchev–Trinajstić information content (AvgIpc) is 2.10. The van der Waals surface area contributed by atoms with Crippen molar-refractivity contribution in [2.75, 3.05) is 0 Å². The van der Waals surface area contributed by atoms with E-state index < -0.39 is 0 Å². The van der Waals surface area contributed by atoms with Gasteiger partial charge >= 0.3 is 0 Å². The summed E-state index contributed by atoms with van der Waals surface area (Å²) in [4.78, 5) is 0. The molecule has 0 aliphatic heterocycles. The Morgan fingerprint density at radius 1 is 0.917 bits per heavy atom. The van der Waals surface area contributed by atoms with Crippen molar-refractivity contribution >= 4 is 0 Å². The van der Waals surface area contributed by atoms with Crippen molar-refractivity contribution in [2.24, 2.45) is 0 Å². The number of hydrogen-bond acceptors (Lipinski definition) is 0. The fraction of sp³-hybridized carbons (Fsp3) is 0.667. The smallest absolute Gasteiger partial charge is 0.0351 e. The molecule has 0 N–H and O–H groups in total. The molecule has 0 aromatic carbocycles. The molecular weight excluding hydrogens is 144 g/mol. The number of unbranched alkanes of at least 4 members (excludes halogenated alkanes) is 5. The number of hydrogen-bond donors (Lipinski definition) is 0. The molecule has 0 atom stereocenters. The van der Waals surface area contributed by atoms with Gasteiger partial charge in [-0.15, -0.1) is 6.58 Å². The van der Waals surface area contributed by atoms with Crippen LogP contribution in [0.1, 0.15) is 51.9 Å². The van der Waals surface area contributed by atoms with Crippen LogP contribution in [0.4, 0.5) is 0 Å². The van der Waals surface area contributed by atoms with Crippen molar-refractivity contribution in [3.8, 4) is 0 Å². The highest BCUT2D eigenvalue weighted by atomic mass is 13.9. The van der Waals surface area contributed by atoms with Gasteiger partial charge in [-0.1, -0.05) is 38.0 Å². The molecule has 0 rings (SSSR count). The Morgan fingerprint density at radius 2 is 1.50 bits per heavy atom. The summed E-state index contributed by atoms with van der Waals surface area (Å²) < 4.78 is 0. The topological polar surface area (TPSA) is 0 Å². The monoisotopic (exact) mass is 166 g/mol. The first-order valence-corrected chi connectivity index (χ1v) is 5.17. The van der Waals surface area contributed by atoms with E-state index in [4.69, 9.17) is 0 Å². The van der Waals surface area contributed by atoms with E-state index in [1.165, 1.54) is 44.9 Å². The van der Waals surface area contributed by atoms with Crippen LogP contribution in [0, 0.1) is 0 Å². The average molecular weight is 166 g/mol. The molecule has 70 valence electrons. The molecule has 12 heavy (non-hydrogen) atoms. The summed E-state index contributed by atoms with van der Waals surface area (Å²) in [6.07, 6.45) is 15.6. The fourth-order valence-electron chi connectivity index (χ4n) is 1.11. The fourth-order valence-corrected chi connectivity index (χ4v) is 1.11. The van der Waals surface area contributed by atoms with Crippen molar-refractivity contribution in [2.45, 2.75) is 51.9 Å². The maximum atomic E-state index is 3.70. The second-order valence-corrected chi connectivity index (χ2v) is 3.19. The lowest BCUT2D eigenvalue weighted by atomic mass is 10.1. The Labute approximate surface area is 77.4 Å². The van der Waals surface area contributed by atoms with E-state index in [1.807, 2.05) is 6.08 Å². The van der Waals surface area contributed by atoms with Gasteiger partial charge in [0, 0.05) is 0 Å². The zero-order valence-electron chi connectivity index (χ0n) is 8.39. The molecule has 0 heterocycles. The third kappa shape index (κ3) is 9.48. The van der Waals surface area contributed by atoms with E-state index in [2.05, 4.69) is 25.7 Å². The molecule has 0 aliphatic rings. The first-order valence-electron chi connectivity index (χ1n) is 5.17. The maximum absolute atomic E-state index is 3.70. The van der Waals surface area contributed by atoms with Crippen molar-refractivity contribution < 1.29 is 0 Å². The maximum Gasteiger partial charge on any atom is -0.0351 e. The van der Waals surface area contributed by atoms with Crippen LogP contribution >= 0.6 is 0 Å². The summed E-state index contributed by atoms with van der Waals surface area (Å²) in [6.45, 7) is 5.94. The minimum absolute atomic E-state index is 1.17. The van der Waals surface area contributed by atoms with Crippen LogP contribution in [0.15, 0.2) is 24.8 Å². The summed E-state index contributed by atoms with van der Waals surface area (Å²) in [7, 11) is 0. The quantitative estimate of drug-likeness (QED) is 0.368. The molecule has 0 aromatic heterocycles. The van der Waals surface area contributed by atoms with Crippen molar-refractivity contribution in [1.82, 2.24) is 0 Å². The van der Waals surface area contributed by atoms with Crippen LogP contribution < -0.4 is 0 Å². The predicted molar refractivity (Wildman–Crippen MR) is 57.3 cm³/mol. The van der Waals surface area contributed by atoms with Crippen LogP contribution in [0.5, 0.6) is 0 Å². The Balaban J connectivity index is 2.97. The molecule has 0 unspecified atom stereocenters. The van der Waals surface area contributed by atoms with Gasteiger partial charge in [-0.05, 0) is 32.1 Å². The van der Waals surface area contributed by atoms with Crippen LogP contribution in [-0.2, 0) is 0 Å². The molecule has 0 bridgehead atoms. The zero-order chi connectivity index (χ0) is 9.07. The summed E-state index contributed by atoms with van der Waals surface area (Å²) in [6, 6.07) is 0. The van der Waals surface area contributed by atoms with Crippen LogP contribution in [0.2, 0.25) is 0 Å². The number of rotatable bonds is 8. The lowest BCUT2D eigenvalue weighted by molar-refractivity contribution is 0.757. The standard InChI is InChI=1S/C12H22/c1-3-5-7-9-11-12-10-8-6-4-2/h3,10,12H,1,4-9,11H2,2H3/b12-10+. The van der Waals surface area contributed by atoms with Crippen molar-refractivity contribution in [3.05, 3.63) is 24.8 Å². The van der Waals surface area contributed by atoms with Gasteiger partial charge in [0.25, 0.3) is 0 Å². The second kappa shape index (κ2) is 10.5. The SMILES string of the molecule is C=CCCCC/C=C/CCCC. The minimum atomic E-state index is 1.17. The lowest BCUT2D eigenvalue weighted by Crippen LogP contribution is -1.72. The Hall–Kier alpha value is -0.520. The largest absolute Gasteiger partial charge is 0.103 e. The molecule has 0 saturated heterocycles. The first kappa shape index (κ1) is 11.5. The van der Waals surface area contributed by atoms with Crippen molar-refractivity contribution in [3.63, 3.8) is 0 Å². The highest BCUT2D eigenvalue weighted by Gasteiger charge is 1.82. The van der Waals surface area contributed by atoms with E-state index in [0.29, 0.717) is 0 Å². The summed E-state index contributed by atoms with van der Waals surface area (Å²) in [5, 5.41) is 0. The highest BCUT2D eigenvalue weighted by Crippen LogP contribution is 2.02. The van der Waals surface area contributed by atoms with Gasteiger partial charge in [0.05, 0.1) is 0 Å². The highest BCUT2D eigenvalue weighted by molar-refractivity contribution is 4.81. The predicted octanol–water partition coefficient (Wildman–Crippen LogP) is 4.48. The number of allylic oxidation sites excluding steroid dienone is 3. The molecular formula is C12H22. The third-order valence-electron chi connectivity index (χ3n) is 1.92. The molecule has 0 aliphatic carbocycles. The Morgan fingerprint density at radius 3 is 2.08 bits per heavy atom. The Bertz CT molecular complexity index is 111. The van der Waals surface area contributed by atoms with Gasteiger partial charge < -0.3 is 0 Å².